The van der Waals surface area contributed by atoms with E-state index in [0.717, 1.165) is 11.3 Å². The van der Waals surface area contributed by atoms with Gasteiger partial charge in [-0.15, -0.1) is 0 Å². The summed E-state index contributed by atoms with van der Waals surface area (Å²) >= 11 is 0. The van der Waals surface area contributed by atoms with Crippen LogP contribution in [0.5, 0.6) is 0 Å². The van der Waals surface area contributed by atoms with E-state index in [0.29, 0.717) is 0 Å². The number of aliphatic hydroxyl groups is 1. The molecule has 0 aliphatic carbocycles. The number of nitrogens with one attached hydrogen (secondary N) is 1. The highest BCUT2D eigenvalue weighted by Crippen LogP contribution is 2.33. The summed E-state index contributed by atoms with van der Waals surface area (Å²) in [5.41, 5.74) is 1.22. The van der Waals surface area contributed by atoms with Gasteiger partial charge in [-0.3, -0.25) is 0 Å². The summed E-state index contributed by atoms with van der Waals surface area (Å²) in [4.78, 5) is 0. The molecule has 0 spiro atoms. The molecule has 106 valence electrons. The number of benzene rings is 2. The second kappa shape index (κ2) is 6.06. The number of anilines is 1. The SMILES string of the molecule is CC(C)C(CO)(Nc1ccc(F)cc1)c1ccccc1. The van der Waals surface area contributed by atoms with E-state index in [9.17, 15) is 9.50 Å². The smallest absolute Gasteiger partial charge is 0.123 e. The third-order valence-corrected chi connectivity index (χ3v) is 3.74. The summed E-state index contributed by atoms with van der Waals surface area (Å²) in [6.07, 6.45) is 0. The molecule has 0 heterocycles. The molecule has 0 bridgehead atoms. The molecule has 2 aromatic carbocycles. The van der Waals surface area contributed by atoms with E-state index in [1.807, 2.05) is 30.3 Å². The maximum absolute atomic E-state index is 13.0. The summed E-state index contributed by atoms with van der Waals surface area (Å²) in [6.45, 7) is 4.07. The van der Waals surface area contributed by atoms with Crippen LogP contribution in [0.25, 0.3) is 0 Å². The van der Waals surface area contributed by atoms with Crippen molar-refractivity contribution in [3.05, 3.63) is 66.0 Å². The summed E-state index contributed by atoms with van der Waals surface area (Å²) in [5, 5.41) is 13.3. The van der Waals surface area contributed by atoms with Gasteiger partial charge in [-0.2, -0.15) is 0 Å². The third-order valence-electron chi connectivity index (χ3n) is 3.74. The lowest BCUT2D eigenvalue weighted by molar-refractivity contribution is 0.172. The van der Waals surface area contributed by atoms with E-state index in [2.05, 4.69) is 19.2 Å². The predicted octanol–water partition coefficient (Wildman–Crippen LogP) is 3.78. The van der Waals surface area contributed by atoms with Crippen LogP contribution in [0.4, 0.5) is 10.1 Å². The van der Waals surface area contributed by atoms with Crippen molar-refractivity contribution in [2.45, 2.75) is 19.4 Å². The first-order chi connectivity index (χ1) is 9.58. The number of hydrogen-bond donors (Lipinski definition) is 2. The van der Waals surface area contributed by atoms with Crippen LogP contribution in [-0.4, -0.2) is 11.7 Å². The molecule has 0 aliphatic heterocycles. The molecular weight excluding hydrogens is 253 g/mol. The van der Waals surface area contributed by atoms with Crippen LogP contribution < -0.4 is 5.32 Å². The zero-order valence-electron chi connectivity index (χ0n) is 11.8. The first kappa shape index (κ1) is 14.5. The monoisotopic (exact) mass is 273 g/mol. The molecule has 2 aromatic rings. The molecule has 1 atom stereocenters. The van der Waals surface area contributed by atoms with Crippen molar-refractivity contribution >= 4 is 5.69 Å². The minimum Gasteiger partial charge on any atom is -0.394 e. The van der Waals surface area contributed by atoms with Crippen LogP contribution in [0.1, 0.15) is 19.4 Å². The second-order valence-electron chi connectivity index (χ2n) is 5.28. The lowest BCUT2D eigenvalue weighted by Gasteiger charge is -2.38. The van der Waals surface area contributed by atoms with Gasteiger partial charge in [-0.1, -0.05) is 44.2 Å². The van der Waals surface area contributed by atoms with Gasteiger partial charge >= 0.3 is 0 Å². The summed E-state index contributed by atoms with van der Waals surface area (Å²) in [5.74, 6) is -0.102. The van der Waals surface area contributed by atoms with E-state index >= 15 is 0 Å². The highest BCUT2D eigenvalue weighted by atomic mass is 19.1. The van der Waals surface area contributed by atoms with Crippen LogP contribution in [0.3, 0.4) is 0 Å². The Morgan fingerprint density at radius 2 is 1.65 bits per heavy atom. The normalized spacial score (nSPS) is 14.1. The molecule has 2 N–H and O–H groups in total. The van der Waals surface area contributed by atoms with Crippen molar-refractivity contribution in [2.75, 3.05) is 11.9 Å². The van der Waals surface area contributed by atoms with E-state index in [4.69, 9.17) is 0 Å². The van der Waals surface area contributed by atoms with Gasteiger partial charge in [0.05, 0.1) is 12.1 Å². The standard InChI is InChI=1S/C17H20FNO/c1-13(2)17(12-20,14-6-4-3-5-7-14)19-16-10-8-15(18)9-11-16/h3-11,13,19-20H,12H2,1-2H3. The molecule has 0 saturated heterocycles. The Morgan fingerprint density at radius 3 is 2.15 bits per heavy atom. The Morgan fingerprint density at radius 1 is 1.05 bits per heavy atom. The molecule has 0 aliphatic rings. The predicted molar refractivity (Wildman–Crippen MR) is 80.1 cm³/mol. The Labute approximate surface area is 119 Å². The van der Waals surface area contributed by atoms with Gasteiger partial charge in [-0.05, 0) is 35.7 Å². The van der Waals surface area contributed by atoms with Crippen LogP contribution in [-0.2, 0) is 5.54 Å². The molecule has 0 saturated carbocycles. The van der Waals surface area contributed by atoms with Crippen LogP contribution in [0.15, 0.2) is 54.6 Å². The lowest BCUT2D eigenvalue weighted by atomic mass is 9.80. The van der Waals surface area contributed by atoms with Crippen molar-refractivity contribution in [1.82, 2.24) is 0 Å². The Hall–Kier alpha value is -1.87. The quantitative estimate of drug-likeness (QED) is 0.869. The third kappa shape index (κ3) is 2.83. The first-order valence-electron chi connectivity index (χ1n) is 6.78. The largest absolute Gasteiger partial charge is 0.394 e. The summed E-state index contributed by atoms with van der Waals surface area (Å²) < 4.78 is 13.0. The number of rotatable bonds is 5. The van der Waals surface area contributed by atoms with Crippen molar-refractivity contribution in [1.29, 1.82) is 0 Å². The van der Waals surface area contributed by atoms with E-state index in [-0.39, 0.29) is 18.3 Å². The number of hydrogen-bond acceptors (Lipinski definition) is 2. The number of aliphatic hydroxyl groups excluding tert-OH is 1. The average molecular weight is 273 g/mol. The lowest BCUT2D eigenvalue weighted by Crippen LogP contribution is -2.44. The molecule has 0 fully saturated rings. The molecule has 0 aromatic heterocycles. The van der Waals surface area contributed by atoms with E-state index < -0.39 is 5.54 Å². The van der Waals surface area contributed by atoms with Gasteiger partial charge in [0.2, 0.25) is 0 Å². The van der Waals surface area contributed by atoms with E-state index in [1.165, 1.54) is 12.1 Å². The minimum atomic E-state index is -0.584. The van der Waals surface area contributed by atoms with E-state index in [1.54, 1.807) is 12.1 Å². The minimum absolute atomic E-state index is 0.0357. The molecular formula is C17H20FNO. The molecule has 0 radical (unpaired) electrons. The molecule has 20 heavy (non-hydrogen) atoms. The maximum atomic E-state index is 13.0. The summed E-state index contributed by atoms with van der Waals surface area (Å²) in [7, 11) is 0. The topological polar surface area (TPSA) is 32.3 Å². The summed E-state index contributed by atoms with van der Waals surface area (Å²) in [6, 6.07) is 16.0. The van der Waals surface area contributed by atoms with Crippen LogP contribution in [0, 0.1) is 11.7 Å². The second-order valence-corrected chi connectivity index (χ2v) is 5.28. The van der Waals surface area contributed by atoms with Crippen molar-refractivity contribution in [3.8, 4) is 0 Å². The first-order valence-corrected chi connectivity index (χ1v) is 6.78. The highest BCUT2D eigenvalue weighted by molar-refractivity contribution is 5.48. The van der Waals surface area contributed by atoms with Gasteiger partial charge in [0.15, 0.2) is 0 Å². The Bertz CT molecular complexity index is 539. The van der Waals surface area contributed by atoms with Gasteiger partial charge in [0.25, 0.3) is 0 Å². The zero-order valence-corrected chi connectivity index (χ0v) is 11.8. The van der Waals surface area contributed by atoms with Gasteiger partial charge < -0.3 is 10.4 Å². The van der Waals surface area contributed by atoms with Gasteiger partial charge in [0.1, 0.15) is 5.82 Å². The highest BCUT2D eigenvalue weighted by Gasteiger charge is 2.34. The Kier molecular flexibility index (Phi) is 4.40. The van der Waals surface area contributed by atoms with Crippen LogP contribution >= 0.6 is 0 Å². The van der Waals surface area contributed by atoms with Crippen LogP contribution in [0.2, 0.25) is 0 Å². The zero-order chi connectivity index (χ0) is 14.6. The molecule has 2 rings (SSSR count). The van der Waals surface area contributed by atoms with Crippen molar-refractivity contribution in [3.63, 3.8) is 0 Å². The molecule has 3 heteroatoms. The van der Waals surface area contributed by atoms with Gasteiger partial charge in [-0.25, -0.2) is 4.39 Å². The molecule has 0 amide bonds. The van der Waals surface area contributed by atoms with Gasteiger partial charge in [0, 0.05) is 5.69 Å². The maximum Gasteiger partial charge on any atom is 0.123 e. The number of halogens is 1. The Balaban J connectivity index is 2.40. The fourth-order valence-corrected chi connectivity index (χ4v) is 2.39. The van der Waals surface area contributed by atoms with Crippen molar-refractivity contribution in [2.24, 2.45) is 5.92 Å². The fourth-order valence-electron chi connectivity index (χ4n) is 2.39. The van der Waals surface area contributed by atoms with Crippen molar-refractivity contribution < 1.29 is 9.50 Å². The molecule has 2 nitrogen and oxygen atoms in total. The fraction of sp³-hybridized carbons (Fsp3) is 0.294. The molecule has 1 unspecified atom stereocenters. The average Bonchev–Trinajstić information content (AvgIpc) is 2.47.